The Labute approximate surface area is 261 Å². The van der Waals surface area contributed by atoms with Gasteiger partial charge in [-0.3, -0.25) is 19.5 Å². The fourth-order valence-electron chi connectivity index (χ4n) is 7.31. The average Bonchev–Trinajstić information content (AvgIpc) is 3.14. The van der Waals surface area contributed by atoms with Crippen LogP contribution in [-0.4, -0.2) is 63.6 Å². The van der Waals surface area contributed by atoms with Gasteiger partial charge in [-0.25, -0.2) is 9.78 Å². The Kier molecular flexibility index (Phi) is 6.45. The molecule has 2 atom stereocenters. The second-order valence-corrected chi connectivity index (χ2v) is 14.3. The number of esters is 1. The molecule has 4 aliphatic rings. The van der Waals surface area contributed by atoms with Gasteiger partial charge in [-0.05, 0) is 48.9 Å². The van der Waals surface area contributed by atoms with Crippen LogP contribution in [0.4, 0.5) is 32.0 Å². The summed E-state index contributed by atoms with van der Waals surface area (Å²) in [6.45, 7) is 5.79. The van der Waals surface area contributed by atoms with Crippen LogP contribution in [0.15, 0.2) is 24.4 Å². The number of pyridine rings is 2. The van der Waals surface area contributed by atoms with Crippen LogP contribution in [0, 0.1) is 23.7 Å². The zero-order chi connectivity index (χ0) is 33.2. The van der Waals surface area contributed by atoms with E-state index in [-0.39, 0.29) is 23.7 Å². The minimum Gasteiger partial charge on any atom is -0.441 e. The quantitative estimate of drug-likeness (QED) is 0.209. The smallest absolute Gasteiger partial charge is 0.441 e. The summed E-state index contributed by atoms with van der Waals surface area (Å²) in [6.07, 6.45) is -6.92. The molecular weight excluding hydrogens is 640 g/mol. The van der Waals surface area contributed by atoms with Gasteiger partial charge in [0.05, 0.1) is 34.1 Å². The number of carbonyl (C=O) groups is 3. The Bertz CT molecular complexity index is 1830. The predicted octanol–water partition coefficient (Wildman–Crippen LogP) is 5.22. The van der Waals surface area contributed by atoms with E-state index in [0.29, 0.717) is 31.9 Å². The number of ether oxygens (including phenoxy) is 1. The molecule has 16 heteroatoms. The molecule has 2 N–H and O–H groups in total. The predicted molar refractivity (Wildman–Crippen MR) is 152 cm³/mol. The number of imide groups is 1. The number of aromatic nitrogens is 2. The normalized spacial score (nSPS) is 26.2. The minimum absolute atomic E-state index is 0.0518. The number of hydrogen-bond acceptors (Lipinski definition) is 9. The Morgan fingerprint density at radius 1 is 1.15 bits per heavy atom. The van der Waals surface area contributed by atoms with Gasteiger partial charge in [-0.15, -0.1) is 11.3 Å². The van der Waals surface area contributed by atoms with E-state index in [1.54, 1.807) is 19.1 Å². The maximum absolute atomic E-state index is 13.9. The first-order valence-corrected chi connectivity index (χ1v) is 15.3. The highest BCUT2D eigenvalue weighted by atomic mass is 32.1. The highest BCUT2D eigenvalue weighted by molar-refractivity contribution is 7.19. The van der Waals surface area contributed by atoms with E-state index < -0.39 is 52.8 Å². The first-order chi connectivity index (χ1) is 21.4. The van der Waals surface area contributed by atoms with Crippen LogP contribution < -0.4 is 10.6 Å². The topological polar surface area (TPSA) is 114 Å². The van der Waals surface area contributed by atoms with E-state index in [1.165, 1.54) is 20.0 Å². The second kappa shape index (κ2) is 9.62. The number of thiophene rings is 1. The van der Waals surface area contributed by atoms with E-state index in [9.17, 15) is 40.7 Å². The van der Waals surface area contributed by atoms with Crippen molar-refractivity contribution in [2.75, 3.05) is 18.4 Å². The number of amides is 2. The summed E-state index contributed by atoms with van der Waals surface area (Å²) in [7, 11) is 0. The van der Waals surface area contributed by atoms with Gasteiger partial charge in [0.25, 0.3) is 5.91 Å². The third kappa shape index (κ3) is 4.42. The molecule has 5 heterocycles. The third-order valence-electron chi connectivity index (χ3n) is 9.81. The summed E-state index contributed by atoms with van der Waals surface area (Å²) in [5.41, 5.74) is -2.83. The van der Waals surface area contributed by atoms with Crippen molar-refractivity contribution in [3.05, 3.63) is 40.5 Å². The lowest BCUT2D eigenvalue weighted by molar-refractivity contribution is -0.209. The first-order valence-electron chi connectivity index (χ1n) is 14.5. The van der Waals surface area contributed by atoms with Crippen LogP contribution in [-0.2, 0) is 31.8 Å². The average molecular weight is 668 g/mol. The number of halogens is 6. The number of carbonyl (C=O) groups excluding carboxylic acids is 3. The lowest BCUT2D eigenvalue weighted by Gasteiger charge is -2.54. The van der Waals surface area contributed by atoms with Crippen molar-refractivity contribution in [3.8, 4) is 11.3 Å². The number of aryl methyl sites for hydroxylation is 1. The molecule has 3 aromatic rings. The van der Waals surface area contributed by atoms with Gasteiger partial charge in [-0.1, -0.05) is 13.8 Å². The van der Waals surface area contributed by atoms with Gasteiger partial charge >= 0.3 is 18.3 Å². The van der Waals surface area contributed by atoms with Gasteiger partial charge < -0.3 is 15.4 Å². The van der Waals surface area contributed by atoms with Crippen LogP contribution in [0.2, 0.25) is 0 Å². The highest BCUT2D eigenvalue weighted by Crippen LogP contribution is 2.69. The molecule has 2 aliphatic carbocycles. The Hall–Kier alpha value is -3.79. The summed E-state index contributed by atoms with van der Waals surface area (Å²) in [5, 5.41) is 6.67. The number of anilines is 1. The van der Waals surface area contributed by atoms with Gasteiger partial charge in [0.1, 0.15) is 5.69 Å². The molecule has 9 nitrogen and oxygen atoms in total. The largest absolute Gasteiger partial charge is 0.490 e. The molecule has 244 valence electrons. The molecule has 7 rings (SSSR count). The van der Waals surface area contributed by atoms with E-state index in [2.05, 4.69) is 25.3 Å². The number of alkyl halides is 6. The van der Waals surface area contributed by atoms with Crippen molar-refractivity contribution in [2.45, 2.75) is 64.2 Å². The molecule has 46 heavy (non-hydrogen) atoms. The van der Waals surface area contributed by atoms with E-state index in [4.69, 9.17) is 0 Å². The molecule has 1 spiro atoms. The maximum atomic E-state index is 13.9. The van der Waals surface area contributed by atoms with Gasteiger partial charge in [0.2, 0.25) is 11.5 Å². The summed E-state index contributed by atoms with van der Waals surface area (Å²) in [5.74, 6) is -5.68. The van der Waals surface area contributed by atoms with Crippen LogP contribution in [0.25, 0.3) is 21.5 Å². The van der Waals surface area contributed by atoms with Crippen LogP contribution in [0.3, 0.4) is 0 Å². The van der Waals surface area contributed by atoms with E-state index in [1.807, 2.05) is 0 Å². The number of likely N-dealkylation sites (tertiary alicyclic amines) is 1. The monoisotopic (exact) mass is 667 g/mol. The first kappa shape index (κ1) is 30.8. The van der Waals surface area contributed by atoms with Crippen molar-refractivity contribution in [3.63, 3.8) is 0 Å². The molecular formula is C30H27F6N5O4S. The highest BCUT2D eigenvalue weighted by Gasteiger charge is 2.88. The maximum Gasteiger partial charge on any atom is 0.490 e. The Balaban J connectivity index is 1.22. The van der Waals surface area contributed by atoms with E-state index in [0.717, 1.165) is 48.2 Å². The number of hydrogen-bond donors (Lipinski definition) is 2. The van der Waals surface area contributed by atoms with Gasteiger partial charge in [0, 0.05) is 41.2 Å². The van der Waals surface area contributed by atoms with Crippen molar-refractivity contribution >= 4 is 45.0 Å². The fraction of sp³-hybridized carbons (Fsp3) is 0.500. The van der Waals surface area contributed by atoms with Crippen molar-refractivity contribution in [1.29, 1.82) is 0 Å². The van der Waals surface area contributed by atoms with E-state index >= 15 is 0 Å². The molecule has 0 radical (unpaired) electrons. The van der Waals surface area contributed by atoms with Crippen LogP contribution in [0.5, 0.6) is 0 Å². The van der Waals surface area contributed by atoms with Crippen LogP contribution in [0.1, 0.15) is 42.8 Å². The number of piperidine rings is 1. The Morgan fingerprint density at radius 2 is 1.85 bits per heavy atom. The van der Waals surface area contributed by atoms with Gasteiger partial charge in [-0.2, -0.15) is 26.3 Å². The SMILES string of the molecule is Cc1cc(C(F)(F)F)nc(-c2ccnc3cc(CN4C(=O)C5C(C)(C)C5(OC(=O)C(F)(F)F)C4=O)sc23)c1NC1CC2(CNC2)C1. The molecule has 2 unspecified atom stereocenters. The number of nitrogens with one attached hydrogen (secondary N) is 2. The molecule has 2 amide bonds. The molecule has 0 aromatic carbocycles. The Morgan fingerprint density at radius 3 is 2.46 bits per heavy atom. The molecule has 4 fully saturated rings. The summed E-state index contributed by atoms with van der Waals surface area (Å²) >= 11 is 1.07. The molecule has 2 aliphatic heterocycles. The second-order valence-electron chi connectivity index (χ2n) is 13.2. The number of rotatable bonds is 6. The molecule has 3 aromatic heterocycles. The van der Waals surface area contributed by atoms with Crippen molar-refractivity contribution in [2.24, 2.45) is 16.7 Å². The lowest BCUT2D eigenvalue weighted by atomic mass is 9.61. The van der Waals surface area contributed by atoms with Crippen molar-refractivity contribution < 1.29 is 45.5 Å². The van der Waals surface area contributed by atoms with Crippen molar-refractivity contribution in [1.82, 2.24) is 20.2 Å². The summed E-state index contributed by atoms with van der Waals surface area (Å²) < 4.78 is 86.0. The summed E-state index contributed by atoms with van der Waals surface area (Å²) in [6, 6.07) is 4.15. The molecule has 2 saturated heterocycles. The lowest BCUT2D eigenvalue weighted by Crippen LogP contribution is -2.63. The molecule has 0 bridgehead atoms. The zero-order valence-corrected chi connectivity index (χ0v) is 25.5. The third-order valence-corrected chi connectivity index (χ3v) is 11.0. The number of fused-ring (bicyclic) bond motifs is 2. The molecule has 2 saturated carbocycles. The summed E-state index contributed by atoms with van der Waals surface area (Å²) in [4.78, 5) is 47.9. The minimum atomic E-state index is -5.36. The van der Waals surface area contributed by atoms with Gasteiger partial charge in [0.15, 0.2) is 0 Å². The number of nitrogens with zero attached hydrogens (tertiary/aromatic N) is 3. The fourth-order valence-corrected chi connectivity index (χ4v) is 8.43. The van der Waals surface area contributed by atoms with Crippen LogP contribution >= 0.6 is 11.3 Å². The standard InChI is InChI=1S/C30H27F6N5O4S/c1-13-6-18(29(31,32)33)40-20(19(13)39-14-8-27(9-14)11-37-12-27)16-4-5-38-17-7-15(46-21(16)17)10-41-23(42)22-26(2,3)28(22,24(41)43)45-25(44)30(34,35)36/h4-7,14,22,37,39H,8-12H2,1-3H3. The zero-order valence-electron chi connectivity index (χ0n) is 24.7.